The fraction of sp³-hybridized carbons (Fsp3) is 0.318. The maximum atomic E-state index is 13.5. The van der Waals surface area contributed by atoms with E-state index < -0.39 is 16.8 Å². The maximum absolute atomic E-state index is 13.5. The molecule has 7 heteroatoms. The lowest BCUT2D eigenvalue weighted by Gasteiger charge is -2.37. The van der Waals surface area contributed by atoms with Crippen LogP contribution in [0.5, 0.6) is 0 Å². The average molecular weight is 415 g/mol. The summed E-state index contributed by atoms with van der Waals surface area (Å²) in [7, 11) is 0. The molecule has 29 heavy (non-hydrogen) atoms. The number of rotatable bonds is 5. The number of H-pyrrole nitrogens is 1. The van der Waals surface area contributed by atoms with Gasteiger partial charge in [-0.25, -0.2) is 4.39 Å². The van der Waals surface area contributed by atoms with Crippen LogP contribution in [-0.4, -0.2) is 49.9 Å². The van der Waals surface area contributed by atoms with Gasteiger partial charge >= 0.3 is 0 Å². The molecule has 152 valence electrons. The Hall–Kier alpha value is -2.35. The summed E-state index contributed by atoms with van der Waals surface area (Å²) in [4.78, 5) is 18.2. The molecule has 5 nitrogen and oxygen atoms in total. The van der Waals surface area contributed by atoms with Gasteiger partial charge in [-0.3, -0.25) is 4.79 Å². The van der Waals surface area contributed by atoms with Crippen molar-refractivity contribution in [3.05, 3.63) is 66.1 Å². The number of piperidine rings is 1. The van der Waals surface area contributed by atoms with Crippen LogP contribution in [0.25, 0.3) is 10.9 Å². The minimum Gasteiger partial charge on any atom is -0.611 e. The Morgan fingerprint density at radius 2 is 1.93 bits per heavy atom. The third-order valence-corrected chi connectivity index (χ3v) is 7.12. The second-order valence-corrected chi connectivity index (χ2v) is 9.04. The first kappa shape index (κ1) is 19.9. The molecule has 3 aromatic rings. The molecule has 1 atom stereocenters. The monoisotopic (exact) mass is 414 g/mol. The zero-order valence-corrected chi connectivity index (χ0v) is 16.8. The molecule has 1 saturated heterocycles. The van der Waals surface area contributed by atoms with Crippen LogP contribution >= 0.6 is 0 Å². The van der Waals surface area contributed by atoms with E-state index in [4.69, 9.17) is 0 Å². The molecular weight excluding hydrogens is 391 g/mol. The normalized spacial score (nSPS) is 17.4. The van der Waals surface area contributed by atoms with E-state index in [0.29, 0.717) is 36.2 Å². The highest BCUT2D eigenvalue weighted by Crippen LogP contribution is 2.28. The molecule has 0 bridgehead atoms. The van der Waals surface area contributed by atoms with Crippen molar-refractivity contribution in [2.45, 2.75) is 29.8 Å². The summed E-state index contributed by atoms with van der Waals surface area (Å²) in [6.07, 6.45) is 2.70. The number of aromatic nitrogens is 1. The number of carbonyl (C=O) groups excluding carboxylic acids is 1. The number of aliphatic hydroxyl groups is 1. The van der Waals surface area contributed by atoms with Gasteiger partial charge in [-0.05, 0) is 59.9 Å². The van der Waals surface area contributed by atoms with E-state index in [1.165, 1.54) is 12.1 Å². The van der Waals surface area contributed by atoms with E-state index in [1.807, 2.05) is 18.2 Å². The van der Waals surface area contributed by atoms with Gasteiger partial charge in [0, 0.05) is 30.2 Å². The SMILES string of the molecule is O=C(Cc1c[nH]c2ccc(F)cc12)N1CCC(O)(C[S+]([O-])c2ccccc2)CC1. The van der Waals surface area contributed by atoms with Gasteiger partial charge in [0.2, 0.25) is 5.91 Å². The van der Waals surface area contributed by atoms with E-state index >= 15 is 0 Å². The van der Waals surface area contributed by atoms with Crippen molar-refractivity contribution in [1.29, 1.82) is 0 Å². The summed E-state index contributed by atoms with van der Waals surface area (Å²) in [6.45, 7) is 0.829. The van der Waals surface area contributed by atoms with E-state index in [-0.39, 0.29) is 23.9 Å². The number of fused-ring (bicyclic) bond motifs is 1. The van der Waals surface area contributed by atoms with Gasteiger partial charge in [0.25, 0.3) is 0 Å². The van der Waals surface area contributed by atoms with E-state index in [1.54, 1.807) is 29.3 Å². The smallest absolute Gasteiger partial charge is 0.227 e. The summed E-state index contributed by atoms with van der Waals surface area (Å²) < 4.78 is 26.1. The highest BCUT2D eigenvalue weighted by atomic mass is 32.2. The summed E-state index contributed by atoms with van der Waals surface area (Å²) in [5, 5.41) is 11.6. The largest absolute Gasteiger partial charge is 0.611 e. The Balaban J connectivity index is 1.36. The van der Waals surface area contributed by atoms with E-state index in [0.717, 1.165) is 11.1 Å². The third-order valence-electron chi connectivity index (χ3n) is 5.52. The predicted octanol–water partition coefficient (Wildman–Crippen LogP) is 3.01. The number of halogens is 1. The number of amides is 1. The molecule has 1 aromatic heterocycles. The second kappa shape index (κ2) is 8.18. The summed E-state index contributed by atoms with van der Waals surface area (Å²) in [6, 6.07) is 13.6. The van der Waals surface area contributed by atoms with Crippen molar-refractivity contribution in [3.63, 3.8) is 0 Å². The number of aromatic amines is 1. The number of hydrogen-bond acceptors (Lipinski definition) is 3. The van der Waals surface area contributed by atoms with Crippen LogP contribution in [0.1, 0.15) is 18.4 Å². The highest BCUT2D eigenvalue weighted by Gasteiger charge is 2.38. The summed E-state index contributed by atoms with van der Waals surface area (Å²) >= 11 is -1.28. The topological polar surface area (TPSA) is 79.4 Å². The first-order chi connectivity index (χ1) is 13.9. The fourth-order valence-electron chi connectivity index (χ4n) is 3.79. The van der Waals surface area contributed by atoms with Crippen molar-refractivity contribution in [2.24, 2.45) is 0 Å². The van der Waals surface area contributed by atoms with Crippen LogP contribution in [0.2, 0.25) is 0 Å². The Labute approximate surface area is 171 Å². The molecule has 1 aliphatic heterocycles. The van der Waals surface area contributed by atoms with Crippen LogP contribution in [0.15, 0.2) is 59.6 Å². The van der Waals surface area contributed by atoms with Crippen LogP contribution in [0.3, 0.4) is 0 Å². The quantitative estimate of drug-likeness (QED) is 0.630. The molecule has 2 heterocycles. The van der Waals surface area contributed by atoms with Gasteiger partial charge < -0.3 is 19.5 Å². The lowest BCUT2D eigenvalue weighted by Crippen LogP contribution is -2.50. The van der Waals surface area contributed by atoms with Crippen molar-refractivity contribution in [2.75, 3.05) is 18.8 Å². The zero-order chi connectivity index (χ0) is 20.4. The Kier molecular flexibility index (Phi) is 5.63. The molecule has 0 radical (unpaired) electrons. The van der Waals surface area contributed by atoms with Gasteiger partial charge in [0.1, 0.15) is 17.2 Å². The average Bonchev–Trinajstić information content (AvgIpc) is 3.10. The molecule has 4 rings (SSSR count). The third kappa shape index (κ3) is 4.47. The lowest BCUT2D eigenvalue weighted by atomic mass is 9.93. The number of likely N-dealkylation sites (tertiary alicyclic amines) is 1. The standard InChI is InChI=1S/C22H23FN2O3S/c23-17-6-7-20-19(13-17)16(14-24-20)12-21(26)25-10-8-22(27,9-11-25)15-29(28)18-4-2-1-3-5-18/h1-7,13-14,24,27H,8-12,15H2. The second-order valence-electron chi connectivity index (χ2n) is 7.59. The number of benzene rings is 2. The van der Waals surface area contributed by atoms with Crippen molar-refractivity contribution >= 4 is 28.0 Å². The Bertz CT molecular complexity index is 1000. The number of nitrogens with zero attached hydrogens (tertiary/aromatic N) is 1. The first-order valence-electron chi connectivity index (χ1n) is 9.63. The molecule has 0 saturated carbocycles. The minimum atomic E-state index is -1.28. The van der Waals surface area contributed by atoms with Gasteiger partial charge in [-0.15, -0.1) is 0 Å². The van der Waals surface area contributed by atoms with E-state index in [9.17, 15) is 18.8 Å². The first-order valence-corrected chi connectivity index (χ1v) is 10.9. The molecular formula is C22H23FN2O3S. The molecule has 2 N–H and O–H groups in total. The van der Waals surface area contributed by atoms with E-state index in [2.05, 4.69) is 4.98 Å². The summed E-state index contributed by atoms with van der Waals surface area (Å²) in [5.74, 6) is -0.220. The molecule has 1 aliphatic rings. The molecule has 1 unspecified atom stereocenters. The fourth-order valence-corrected chi connectivity index (χ4v) is 5.19. The van der Waals surface area contributed by atoms with Crippen molar-refractivity contribution in [3.8, 4) is 0 Å². The Morgan fingerprint density at radius 1 is 1.21 bits per heavy atom. The van der Waals surface area contributed by atoms with Gasteiger partial charge in [0.15, 0.2) is 4.90 Å². The summed E-state index contributed by atoms with van der Waals surface area (Å²) in [5.41, 5.74) is 0.516. The molecule has 1 fully saturated rings. The zero-order valence-electron chi connectivity index (χ0n) is 15.9. The van der Waals surface area contributed by atoms with Gasteiger partial charge in [-0.2, -0.15) is 0 Å². The molecule has 0 aliphatic carbocycles. The van der Waals surface area contributed by atoms with Crippen molar-refractivity contribution in [1.82, 2.24) is 9.88 Å². The minimum absolute atomic E-state index is 0.0543. The van der Waals surface area contributed by atoms with Gasteiger partial charge in [0.05, 0.1) is 6.42 Å². The Morgan fingerprint density at radius 3 is 2.66 bits per heavy atom. The van der Waals surface area contributed by atoms with Crippen LogP contribution < -0.4 is 0 Å². The molecule has 2 aromatic carbocycles. The predicted molar refractivity (Wildman–Crippen MR) is 110 cm³/mol. The number of nitrogens with one attached hydrogen (secondary N) is 1. The maximum Gasteiger partial charge on any atom is 0.227 e. The lowest BCUT2D eigenvalue weighted by molar-refractivity contribution is -0.134. The highest BCUT2D eigenvalue weighted by molar-refractivity contribution is 7.91. The molecule has 1 amide bonds. The van der Waals surface area contributed by atoms with Crippen LogP contribution in [-0.2, 0) is 22.4 Å². The van der Waals surface area contributed by atoms with Gasteiger partial charge in [-0.1, -0.05) is 18.2 Å². The van der Waals surface area contributed by atoms with Crippen LogP contribution in [0, 0.1) is 5.82 Å². The number of hydrogen-bond donors (Lipinski definition) is 2. The van der Waals surface area contributed by atoms with Crippen LogP contribution in [0.4, 0.5) is 4.39 Å². The van der Waals surface area contributed by atoms with Crippen molar-refractivity contribution < 1.29 is 18.8 Å². The number of carbonyl (C=O) groups is 1. The molecule has 0 spiro atoms.